The molecule has 1 aliphatic heterocycles. The maximum absolute atomic E-state index is 12.4. The number of carbonyl (C=O) groups is 1. The Hall–Kier alpha value is -2.31. The Morgan fingerprint density at radius 1 is 1.42 bits per heavy atom. The van der Waals surface area contributed by atoms with Crippen LogP contribution in [-0.4, -0.2) is 47.3 Å². The molecule has 1 aromatic carbocycles. The molecule has 0 aliphatic carbocycles. The van der Waals surface area contributed by atoms with Gasteiger partial charge >= 0.3 is 0 Å². The Bertz CT molecular complexity index is 844. The van der Waals surface area contributed by atoms with E-state index in [1.807, 2.05) is 32.4 Å². The second kappa shape index (κ2) is 7.93. The van der Waals surface area contributed by atoms with Crippen molar-refractivity contribution in [1.29, 1.82) is 0 Å². The Morgan fingerprint density at radius 3 is 2.85 bits per heavy atom. The van der Waals surface area contributed by atoms with Crippen LogP contribution in [0.4, 0.5) is 5.69 Å². The maximum Gasteiger partial charge on any atom is 0.238 e. The molecule has 138 valence electrons. The molecule has 1 aliphatic rings. The molecule has 1 amide bonds. The van der Waals surface area contributed by atoms with E-state index in [4.69, 9.17) is 16.3 Å². The summed E-state index contributed by atoms with van der Waals surface area (Å²) in [6.07, 6.45) is 6.97. The third-order valence-electron chi connectivity index (χ3n) is 4.49. The zero-order valence-corrected chi connectivity index (χ0v) is 16.0. The fourth-order valence-electron chi connectivity index (χ4n) is 3.03. The molecule has 0 unspecified atom stereocenters. The third kappa shape index (κ3) is 4.26. The van der Waals surface area contributed by atoms with Gasteiger partial charge in [0.2, 0.25) is 5.91 Å². The summed E-state index contributed by atoms with van der Waals surface area (Å²) >= 11 is 6.11. The number of benzene rings is 1. The zero-order chi connectivity index (χ0) is 18.7. The molecular weight excluding hydrogens is 352 g/mol. The highest BCUT2D eigenvalue weighted by Gasteiger charge is 2.17. The number of nitrogens with one attached hydrogen (secondary N) is 1. The summed E-state index contributed by atoms with van der Waals surface area (Å²) in [4.78, 5) is 14.5. The van der Waals surface area contributed by atoms with Gasteiger partial charge in [0, 0.05) is 43.0 Å². The summed E-state index contributed by atoms with van der Waals surface area (Å²) in [5.74, 6) is 0.495. The molecule has 2 heterocycles. The largest absolute Gasteiger partial charge is 0.495 e. The molecule has 6 nitrogen and oxygen atoms in total. The van der Waals surface area contributed by atoms with Gasteiger partial charge in [-0.15, -0.1) is 0 Å². The lowest BCUT2D eigenvalue weighted by atomic mass is 10.0. The van der Waals surface area contributed by atoms with Crippen molar-refractivity contribution in [3.05, 3.63) is 46.8 Å². The highest BCUT2D eigenvalue weighted by Crippen LogP contribution is 2.31. The summed E-state index contributed by atoms with van der Waals surface area (Å²) in [5.41, 5.74) is 3.97. The van der Waals surface area contributed by atoms with Crippen molar-refractivity contribution in [2.45, 2.75) is 13.3 Å². The van der Waals surface area contributed by atoms with Crippen molar-refractivity contribution in [1.82, 2.24) is 14.7 Å². The molecule has 3 rings (SSSR count). The van der Waals surface area contributed by atoms with Gasteiger partial charge in [0.05, 0.1) is 25.5 Å². The van der Waals surface area contributed by atoms with Gasteiger partial charge in [0.25, 0.3) is 0 Å². The van der Waals surface area contributed by atoms with E-state index in [-0.39, 0.29) is 5.91 Å². The second-order valence-corrected chi connectivity index (χ2v) is 6.87. The Labute approximate surface area is 158 Å². The van der Waals surface area contributed by atoms with Crippen LogP contribution in [0.5, 0.6) is 5.75 Å². The first kappa shape index (κ1) is 18.5. The number of rotatable bonds is 5. The fourth-order valence-corrected chi connectivity index (χ4v) is 3.18. The Morgan fingerprint density at radius 2 is 2.23 bits per heavy atom. The minimum atomic E-state index is -0.0664. The standard InChI is InChI=1S/C19H23ClN4O2/c1-13-8-17(18(26-3)9-16(13)20)22-19(25)12-24-6-4-14(5-7-24)15-10-21-23(2)11-15/h4,8-11H,5-7,12H2,1-3H3,(H,22,25). The molecule has 0 spiro atoms. The lowest BCUT2D eigenvalue weighted by Crippen LogP contribution is -2.36. The third-order valence-corrected chi connectivity index (χ3v) is 4.90. The van der Waals surface area contributed by atoms with Crippen LogP contribution in [0.1, 0.15) is 17.5 Å². The maximum atomic E-state index is 12.4. The van der Waals surface area contributed by atoms with Crippen LogP contribution in [0.2, 0.25) is 5.02 Å². The molecule has 0 fully saturated rings. The topological polar surface area (TPSA) is 59.4 Å². The molecule has 2 aromatic rings. The molecule has 1 N–H and O–H groups in total. The minimum absolute atomic E-state index is 0.0664. The number of methoxy groups -OCH3 is 1. The second-order valence-electron chi connectivity index (χ2n) is 6.47. The van der Waals surface area contributed by atoms with Crippen LogP contribution < -0.4 is 10.1 Å². The van der Waals surface area contributed by atoms with E-state index in [9.17, 15) is 4.79 Å². The van der Waals surface area contributed by atoms with Crippen molar-refractivity contribution in [3.8, 4) is 5.75 Å². The van der Waals surface area contributed by atoms with Gasteiger partial charge in [-0.25, -0.2) is 0 Å². The van der Waals surface area contributed by atoms with Crippen molar-refractivity contribution in [3.63, 3.8) is 0 Å². The SMILES string of the molecule is COc1cc(Cl)c(C)cc1NC(=O)CN1CC=C(c2cnn(C)c2)CC1. The van der Waals surface area contributed by atoms with Gasteiger partial charge in [-0.1, -0.05) is 17.7 Å². The quantitative estimate of drug-likeness (QED) is 0.873. The molecule has 1 aromatic heterocycles. The average Bonchev–Trinajstić information content (AvgIpc) is 3.05. The van der Waals surface area contributed by atoms with Gasteiger partial charge in [-0.05, 0) is 30.5 Å². The first-order valence-corrected chi connectivity index (χ1v) is 8.88. The van der Waals surface area contributed by atoms with Crippen molar-refractivity contribution in [2.75, 3.05) is 32.1 Å². The monoisotopic (exact) mass is 374 g/mol. The Balaban J connectivity index is 1.60. The molecule has 0 bridgehead atoms. The number of aryl methyl sites for hydroxylation is 2. The summed E-state index contributed by atoms with van der Waals surface area (Å²) in [7, 11) is 3.47. The van der Waals surface area contributed by atoms with Crippen LogP contribution in [0.15, 0.2) is 30.6 Å². The summed E-state index contributed by atoms with van der Waals surface area (Å²) in [6.45, 7) is 3.81. The number of carbonyl (C=O) groups excluding carboxylic acids is 1. The summed E-state index contributed by atoms with van der Waals surface area (Å²) < 4.78 is 7.11. The van der Waals surface area contributed by atoms with Crippen LogP contribution in [0.3, 0.4) is 0 Å². The molecule has 0 atom stereocenters. The van der Waals surface area contributed by atoms with Crippen LogP contribution in [0, 0.1) is 6.92 Å². The lowest BCUT2D eigenvalue weighted by Gasteiger charge is -2.25. The van der Waals surface area contributed by atoms with E-state index in [2.05, 4.69) is 21.4 Å². The number of halogens is 1. The van der Waals surface area contributed by atoms with E-state index in [0.29, 0.717) is 23.0 Å². The highest BCUT2D eigenvalue weighted by atomic mass is 35.5. The highest BCUT2D eigenvalue weighted by molar-refractivity contribution is 6.31. The van der Waals surface area contributed by atoms with Crippen LogP contribution in [0.25, 0.3) is 5.57 Å². The number of anilines is 1. The van der Waals surface area contributed by atoms with Gasteiger partial charge in [-0.3, -0.25) is 14.4 Å². The molecule has 0 saturated heterocycles. The molecule has 7 heteroatoms. The van der Waals surface area contributed by atoms with Gasteiger partial charge in [0.15, 0.2) is 0 Å². The number of aromatic nitrogens is 2. The number of hydrogen-bond acceptors (Lipinski definition) is 4. The van der Waals surface area contributed by atoms with Crippen molar-refractivity contribution in [2.24, 2.45) is 7.05 Å². The minimum Gasteiger partial charge on any atom is -0.495 e. The molecule has 26 heavy (non-hydrogen) atoms. The lowest BCUT2D eigenvalue weighted by molar-refractivity contribution is -0.117. The number of nitrogens with zero attached hydrogens (tertiary/aromatic N) is 3. The first-order chi connectivity index (χ1) is 12.5. The predicted molar refractivity (Wildman–Crippen MR) is 104 cm³/mol. The van der Waals surface area contributed by atoms with Crippen LogP contribution in [-0.2, 0) is 11.8 Å². The van der Waals surface area contributed by atoms with Gasteiger partial charge in [-0.2, -0.15) is 5.10 Å². The Kier molecular flexibility index (Phi) is 5.64. The number of hydrogen-bond donors (Lipinski definition) is 1. The van der Waals surface area contributed by atoms with Crippen molar-refractivity contribution >= 4 is 28.8 Å². The number of amides is 1. The molecular formula is C19H23ClN4O2. The van der Waals surface area contributed by atoms with Gasteiger partial charge in [0.1, 0.15) is 5.75 Å². The van der Waals surface area contributed by atoms with E-state index < -0.39 is 0 Å². The van der Waals surface area contributed by atoms with E-state index in [1.165, 1.54) is 5.57 Å². The fraction of sp³-hybridized carbons (Fsp3) is 0.368. The predicted octanol–water partition coefficient (Wildman–Crippen LogP) is 3.12. The summed E-state index contributed by atoms with van der Waals surface area (Å²) in [6, 6.07) is 3.55. The molecule has 0 radical (unpaired) electrons. The smallest absolute Gasteiger partial charge is 0.238 e. The average molecular weight is 375 g/mol. The van der Waals surface area contributed by atoms with Crippen LogP contribution >= 0.6 is 11.6 Å². The number of ether oxygens (including phenoxy) is 1. The van der Waals surface area contributed by atoms with Gasteiger partial charge < -0.3 is 10.1 Å². The zero-order valence-electron chi connectivity index (χ0n) is 15.3. The first-order valence-electron chi connectivity index (χ1n) is 8.50. The van der Waals surface area contributed by atoms with E-state index in [0.717, 1.165) is 30.6 Å². The van der Waals surface area contributed by atoms with Crippen molar-refractivity contribution < 1.29 is 9.53 Å². The van der Waals surface area contributed by atoms with E-state index in [1.54, 1.807) is 17.9 Å². The van der Waals surface area contributed by atoms with E-state index >= 15 is 0 Å². The molecule has 0 saturated carbocycles. The summed E-state index contributed by atoms with van der Waals surface area (Å²) in [5, 5.41) is 7.75. The normalized spacial score (nSPS) is 14.8.